The third kappa shape index (κ3) is 5.24. The van der Waals surface area contributed by atoms with Crippen molar-refractivity contribution >= 4 is 70.1 Å². The summed E-state index contributed by atoms with van der Waals surface area (Å²) in [5.74, 6) is 0. The molecule has 0 amide bonds. The second kappa shape index (κ2) is 12.7. The minimum absolute atomic E-state index is 1.13. The van der Waals surface area contributed by atoms with Crippen LogP contribution >= 0.6 is 11.3 Å². The van der Waals surface area contributed by atoms with E-state index in [9.17, 15) is 0 Å². The summed E-state index contributed by atoms with van der Waals surface area (Å²) in [6.07, 6.45) is 0. The van der Waals surface area contributed by atoms with E-state index in [2.05, 4.69) is 205 Å². The van der Waals surface area contributed by atoms with E-state index in [1.807, 2.05) is 11.3 Å². The highest BCUT2D eigenvalue weighted by molar-refractivity contribution is 7.26. The summed E-state index contributed by atoms with van der Waals surface area (Å²) in [5, 5.41) is 7.54. The van der Waals surface area contributed by atoms with E-state index in [1.165, 1.54) is 75.1 Å². The minimum Gasteiger partial charge on any atom is -0.310 e. The number of anilines is 3. The average Bonchev–Trinajstić information content (AvgIpc) is 3.60. The summed E-state index contributed by atoms with van der Waals surface area (Å²) < 4.78 is 2.59. The molecule has 0 aliphatic rings. The maximum absolute atomic E-state index is 2.42. The lowest BCUT2D eigenvalue weighted by molar-refractivity contribution is 1.30. The Morgan fingerprint density at radius 3 is 1.83 bits per heavy atom. The Labute approximate surface area is 307 Å². The topological polar surface area (TPSA) is 3.24 Å². The SMILES string of the molecule is c1ccc(-c2ccc(-c3cccc4sc5ccc(N(c6ccccc6)c6cccc7c(-c8ccc9ccccc9c8)cccc67)cc5c34)cc2)cc1. The Kier molecular flexibility index (Phi) is 7.41. The predicted octanol–water partition coefficient (Wildman–Crippen LogP) is 14.8. The van der Waals surface area contributed by atoms with Gasteiger partial charge in [-0.05, 0) is 98.1 Å². The van der Waals surface area contributed by atoms with Crippen molar-refractivity contribution in [1.29, 1.82) is 0 Å². The van der Waals surface area contributed by atoms with Gasteiger partial charge in [0.1, 0.15) is 0 Å². The normalized spacial score (nSPS) is 11.5. The van der Waals surface area contributed by atoms with Gasteiger partial charge in [0.15, 0.2) is 0 Å². The molecular formula is C50H33NS. The molecule has 0 radical (unpaired) electrons. The lowest BCUT2D eigenvalue weighted by Crippen LogP contribution is -2.10. The molecule has 1 aromatic heterocycles. The summed E-state index contributed by atoms with van der Waals surface area (Å²) >= 11 is 1.87. The zero-order valence-electron chi connectivity index (χ0n) is 28.4. The van der Waals surface area contributed by atoms with Gasteiger partial charge in [0.25, 0.3) is 0 Å². The van der Waals surface area contributed by atoms with Crippen molar-refractivity contribution in [3.8, 4) is 33.4 Å². The van der Waals surface area contributed by atoms with E-state index in [0.717, 1.165) is 17.1 Å². The molecule has 0 atom stereocenters. The molecule has 52 heavy (non-hydrogen) atoms. The molecule has 9 aromatic carbocycles. The van der Waals surface area contributed by atoms with Crippen LogP contribution in [0.3, 0.4) is 0 Å². The molecule has 0 aliphatic carbocycles. The van der Waals surface area contributed by atoms with Crippen LogP contribution in [0.1, 0.15) is 0 Å². The van der Waals surface area contributed by atoms with Gasteiger partial charge in [-0.15, -0.1) is 11.3 Å². The maximum Gasteiger partial charge on any atom is 0.0540 e. The van der Waals surface area contributed by atoms with E-state index >= 15 is 0 Å². The molecule has 0 aliphatic heterocycles. The Morgan fingerprint density at radius 1 is 0.327 bits per heavy atom. The van der Waals surface area contributed by atoms with Gasteiger partial charge in [0.2, 0.25) is 0 Å². The van der Waals surface area contributed by atoms with Crippen molar-refractivity contribution in [2.24, 2.45) is 0 Å². The number of thiophene rings is 1. The zero-order chi connectivity index (χ0) is 34.4. The maximum atomic E-state index is 2.42. The van der Waals surface area contributed by atoms with Crippen molar-refractivity contribution in [3.63, 3.8) is 0 Å². The van der Waals surface area contributed by atoms with E-state index < -0.39 is 0 Å². The van der Waals surface area contributed by atoms with Crippen molar-refractivity contribution < 1.29 is 0 Å². The standard InChI is InChI=1S/C50H33NS/c1-3-12-34(13-4-1)36-24-27-37(28-25-36)43-19-11-23-49-50(43)46-33-41(30-31-48(46)52-49)51(40-16-5-2-6-17-40)47-22-10-20-44-42(18-9-21-45(44)47)39-29-26-35-14-7-8-15-38(35)32-39/h1-33H. The zero-order valence-corrected chi connectivity index (χ0v) is 29.2. The van der Waals surface area contributed by atoms with Crippen molar-refractivity contribution in [2.75, 3.05) is 4.90 Å². The van der Waals surface area contributed by atoms with Crippen LogP contribution in [0.2, 0.25) is 0 Å². The number of benzene rings is 9. The van der Waals surface area contributed by atoms with Gasteiger partial charge in [0.05, 0.1) is 5.69 Å². The summed E-state index contributed by atoms with van der Waals surface area (Å²) in [6.45, 7) is 0. The van der Waals surface area contributed by atoms with Crippen LogP contribution in [-0.2, 0) is 0 Å². The average molecular weight is 680 g/mol. The van der Waals surface area contributed by atoms with Crippen LogP contribution in [-0.4, -0.2) is 0 Å². The molecule has 0 saturated carbocycles. The highest BCUT2D eigenvalue weighted by Crippen LogP contribution is 2.46. The number of rotatable bonds is 6. The van der Waals surface area contributed by atoms with Crippen molar-refractivity contribution in [3.05, 3.63) is 200 Å². The predicted molar refractivity (Wildman–Crippen MR) is 225 cm³/mol. The van der Waals surface area contributed by atoms with Gasteiger partial charge < -0.3 is 4.90 Å². The molecule has 0 saturated heterocycles. The molecule has 2 heteroatoms. The number of fused-ring (bicyclic) bond motifs is 5. The molecule has 0 spiro atoms. The Bertz CT molecular complexity index is 2890. The smallest absolute Gasteiger partial charge is 0.0540 e. The molecule has 10 rings (SSSR count). The first-order chi connectivity index (χ1) is 25.8. The summed E-state index contributed by atoms with van der Waals surface area (Å²) in [5.41, 5.74) is 10.8. The van der Waals surface area contributed by atoms with Gasteiger partial charge in [-0.25, -0.2) is 0 Å². The van der Waals surface area contributed by atoms with Gasteiger partial charge >= 0.3 is 0 Å². The molecular weight excluding hydrogens is 647 g/mol. The summed E-state index contributed by atoms with van der Waals surface area (Å²) in [6, 6.07) is 72.9. The molecule has 0 N–H and O–H groups in total. The molecule has 0 fully saturated rings. The van der Waals surface area contributed by atoms with Crippen LogP contribution in [0.4, 0.5) is 17.1 Å². The first-order valence-electron chi connectivity index (χ1n) is 17.8. The van der Waals surface area contributed by atoms with Crippen LogP contribution in [0.5, 0.6) is 0 Å². The Morgan fingerprint density at radius 2 is 0.981 bits per heavy atom. The van der Waals surface area contributed by atoms with E-state index in [4.69, 9.17) is 0 Å². The highest BCUT2D eigenvalue weighted by atomic mass is 32.1. The van der Waals surface area contributed by atoms with Crippen LogP contribution in [0, 0.1) is 0 Å². The lowest BCUT2D eigenvalue weighted by atomic mass is 9.95. The number of hydrogen-bond donors (Lipinski definition) is 0. The molecule has 1 nitrogen and oxygen atoms in total. The van der Waals surface area contributed by atoms with Crippen LogP contribution in [0.25, 0.3) is 75.1 Å². The van der Waals surface area contributed by atoms with Gasteiger partial charge in [-0.3, -0.25) is 0 Å². The minimum atomic E-state index is 1.13. The van der Waals surface area contributed by atoms with E-state index in [1.54, 1.807) is 0 Å². The van der Waals surface area contributed by atoms with Gasteiger partial charge in [0, 0.05) is 36.9 Å². The van der Waals surface area contributed by atoms with Crippen LogP contribution < -0.4 is 4.90 Å². The quantitative estimate of drug-likeness (QED) is 0.169. The molecule has 0 bridgehead atoms. The number of para-hydroxylation sites is 1. The van der Waals surface area contributed by atoms with E-state index in [-0.39, 0.29) is 0 Å². The second-order valence-electron chi connectivity index (χ2n) is 13.3. The highest BCUT2D eigenvalue weighted by Gasteiger charge is 2.19. The molecule has 244 valence electrons. The number of nitrogens with zero attached hydrogens (tertiary/aromatic N) is 1. The molecule has 1 heterocycles. The second-order valence-corrected chi connectivity index (χ2v) is 14.4. The summed E-state index contributed by atoms with van der Waals surface area (Å²) in [7, 11) is 0. The Balaban J connectivity index is 1.14. The van der Waals surface area contributed by atoms with Crippen molar-refractivity contribution in [1.82, 2.24) is 0 Å². The monoisotopic (exact) mass is 679 g/mol. The van der Waals surface area contributed by atoms with E-state index in [0.29, 0.717) is 0 Å². The third-order valence-corrected chi connectivity index (χ3v) is 11.4. The molecule has 0 unspecified atom stereocenters. The number of hydrogen-bond acceptors (Lipinski definition) is 2. The fraction of sp³-hybridized carbons (Fsp3) is 0. The lowest BCUT2D eigenvalue weighted by Gasteiger charge is -2.27. The van der Waals surface area contributed by atoms with Crippen LogP contribution in [0.15, 0.2) is 200 Å². The fourth-order valence-corrected chi connectivity index (χ4v) is 8.88. The largest absolute Gasteiger partial charge is 0.310 e. The third-order valence-electron chi connectivity index (χ3n) is 10.3. The van der Waals surface area contributed by atoms with Crippen molar-refractivity contribution in [2.45, 2.75) is 0 Å². The first kappa shape index (κ1) is 30.4. The summed E-state index contributed by atoms with van der Waals surface area (Å²) in [4.78, 5) is 2.42. The Hall–Kier alpha value is -6.48. The fourth-order valence-electron chi connectivity index (χ4n) is 7.77. The van der Waals surface area contributed by atoms with Gasteiger partial charge in [-0.2, -0.15) is 0 Å². The molecule has 10 aromatic rings. The van der Waals surface area contributed by atoms with Gasteiger partial charge in [-0.1, -0.05) is 152 Å². The first-order valence-corrected chi connectivity index (χ1v) is 18.6.